The molecule has 1 amide bonds. The van der Waals surface area contributed by atoms with Crippen LogP contribution in [0.1, 0.15) is 24.2 Å². The zero-order valence-electron chi connectivity index (χ0n) is 11.7. The van der Waals surface area contributed by atoms with Gasteiger partial charge in [-0.05, 0) is 72.2 Å². The smallest absolute Gasteiger partial charge is 0.255 e. The molecule has 0 heterocycles. The van der Waals surface area contributed by atoms with Crippen molar-refractivity contribution in [3.8, 4) is 5.75 Å². The van der Waals surface area contributed by atoms with Crippen LogP contribution in [0.25, 0.3) is 0 Å². The van der Waals surface area contributed by atoms with Gasteiger partial charge in [0.2, 0.25) is 0 Å². The van der Waals surface area contributed by atoms with Gasteiger partial charge in [-0.3, -0.25) is 4.79 Å². The first-order valence-corrected chi connectivity index (χ1v) is 7.66. The molecule has 0 bridgehead atoms. The lowest BCUT2D eigenvalue weighted by molar-refractivity contribution is 0.102. The SMILES string of the molecule is CC(C)Oc1ccc(NC(=O)c2ccc(Br)c(Cl)c2)cc1. The van der Waals surface area contributed by atoms with Crippen LogP contribution in [0.2, 0.25) is 5.02 Å². The Morgan fingerprint density at radius 1 is 1.19 bits per heavy atom. The number of halogens is 2. The number of ether oxygens (including phenoxy) is 1. The number of hydrogen-bond acceptors (Lipinski definition) is 2. The van der Waals surface area contributed by atoms with Crippen molar-refractivity contribution in [2.24, 2.45) is 0 Å². The van der Waals surface area contributed by atoms with Gasteiger partial charge in [0.05, 0.1) is 11.1 Å². The van der Waals surface area contributed by atoms with E-state index in [4.69, 9.17) is 16.3 Å². The number of benzene rings is 2. The molecule has 0 atom stereocenters. The van der Waals surface area contributed by atoms with E-state index in [1.807, 2.05) is 26.0 Å². The monoisotopic (exact) mass is 367 g/mol. The molecular weight excluding hydrogens is 354 g/mol. The molecule has 0 unspecified atom stereocenters. The third-order valence-corrected chi connectivity index (χ3v) is 3.90. The van der Waals surface area contributed by atoms with E-state index in [0.717, 1.165) is 10.2 Å². The van der Waals surface area contributed by atoms with E-state index < -0.39 is 0 Å². The Morgan fingerprint density at radius 2 is 1.86 bits per heavy atom. The highest BCUT2D eigenvalue weighted by atomic mass is 79.9. The van der Waals surface area contributed by atoms with Crippen molar-refractivity contribution in [1.29, 1.82) is 0 Å². The first-order valence-electron chi connectivity index (χ1n) is 6.49. The van der Waals surface area contributed by atoms with Gasteiger partial charge in [0.25, 0.3) is 5.91 Å². The Hall–Kier alpha value is -1.52. The predicted molar refractivity (Wildman–Crippen MR) is 89.3 cm³/mol. The lowest BCUT2D eigenvalue weighted by Crippen LogP contribution is -2.12. The molecule has 0 aromatic heterocycles. The van der Waals surface area contributed by atoms with Crippen molar-refractivity contribution in [2.75, 3.05) is 5.32 Å². The summed E-state index contributed by atoms with van der Waals surface area (Å²) in [5, 5.41) is 3.32. The Kier molecular flexibility index (Phi) is 5.26. The van der Waals surface area contributed by atoms with Gasteiger partial charge in [-0.2, -0.15) is 0 Å². The zero-order chi connectivity index (χ0) is 15.4. The van der Waals surface area contributed by atoms with Gasteiger partial charge in [0.15, 0.2) is 0 Å². The van der Waals surface area contributed by atoms with Gasteiger partial charge >= 0.3 is 0 Å². The Morgan fingerprint density at radius 3 is 2.43 bits per heavy atom. The molecule has 0 saturated carbocycles. The summed E-state index contributed by atoms with van der Waals surface area (Å²) in [6, 6.07) is 12.3. The van der Waals surface area contributed by atoms with Crippen LogP contribution in [-0.2, 0) is 0 Å². The number of amides is 1. The highest BCUT2D eigenvalue weighted by Crippen LogP contribution is 2.24. The molecule has 2 rings (SSSR count). The molecule has 1 N–H and O–H groups in total. The zero-order valence-corrected chi connectivity index (χ0v) is 14.0. The van der Waals surface area contributed by atoms with E-state index in [2.05, 4.69) is 21.2 Å². The molecule has 5 heteroatoms. The molecule has 0 spiro atoms. The molecule has 0 radical (unpaired) electrons. The highest BCUT2D eigenvalue weighted by molar-refractivity contribution is 9.10. The molecule has 0 fully saturated rings. The lowest BCUT2D eigenvalue weighted by Gasteiger charge is -2.11. The number of rotatable bonds is 4. The quantitative estimate of drug-likeness (QED) is 0.811. The van der Waals surface area contributed by atoms with Crippen molar-refractivity contribution < 1.29 is 9.53 Å². The maximum Gasteiger partial charge on any atom is 0.255 e. The van der Waals surface area contributed by atoms with Crippen LogP contribution in [0, 0.1) is 0 Å². The van der Waals surface area contributed by atoms with Gasteiger partial charge in [0, 0.05) is 15.7 Å². The molecular formula is C16H15BrClNO2. The highest BCUT2D eigenvalue weighted by Gasteiger charge is 2.08. The fraction of sp³-hybridized carbons (Fsp3) is 0.188. The van der Waals surface area contributed by atoms with Crippen LogP contribution >= 0.6 is 27.5 Å². The molecule has 2 aromatic carbocycles. The molecule has 21 heavy (non-hydrogen) atoms. The molecule has 0 aliphatic rings. The molecule has 3 nitrogen and oxygen atoms in total. The largest absolute Gasteiger partial charge is 0.491 e. The van der Waals surface area contributed by atoms with E-state index in [-0.39, 0.29) is 12.0 Å². The second-order valence-electron chi connectivity index (χ2n) is 4.77. The fourth-order valence-electron chi connectivity index (χ4n) is 1.73. The topological polar surface area (TPSA) is 38.3 Å². The summed E-state index contributed by atoms with van der Waals surface area (Å²) in [5.41, 5.74) is 1.21. The average molecular weight is 369 g/mol. The lowest BCUT2D eigenvalue weighted by atomic mass is 10.2. The molecule has 2 aromatic rings. The van der Waals surface area contributed by atoms with Gasteiger partial charge < -0.3 is 10.1 Å². The predicted octanol–water partition coefficient (Wildman–Crippen LogP) is 5.14. The molecule has 110 valence electrons. The summed E-state index contributed by atoms with van der Waals surface area (Å²) in [5.74, 6) is 0.566. The van der Waals surface area contributed by atoms with Crippen LogP contribution in [0.4, 0.5) is 5.69 Å². The first-order chi connectivity index (χ1) is 9.95. The third-order valence-electron chi connectivity index (χ3n) is 2.67. The Balaban J connectivity index is 2.06. The number of nitrogens with one attached hydrogen (secondary N) is 1. The van der Waals surface area contributed by atoms with Crippen molar-refractivity contribution >= 4 is 39.1 Å². The van der Waals surface area contributed by atoms with Crippen molar-refractivity contribution in [1.82, 2.24) is 0 Å². The van der Waals surface area contributed by atoms with Gasteiger partial charge in [0.1, 0.15) is 5.75 Å². The molecule has 0 aliphatic heterocycles. The number of anilines is 1. The summed E-state index contributed by atoms with van der Waals surface area (Å²) in [4.78, 5) is 12.1. The van der Waals surface area contributed by atoms with Gasteiger partial charge in [-0.25, -0.2) is 0 Å². The van der Waals surface area contributed by atoms with Crippen LogP contribution in [-0.4, -0.2) is 12.0 Å². The second kappa shape index (κ2) is 6.96. The summed E-state index contributed by atoms with van der Waals surface area (Å²) < 4.78 is 6.31. The van der Waals surface area contributed by atoms with Crippen LogP contribution < -0.4 is 10.1 Å². The van der Waals surface area contributed by atoms with Crippen molar-refractivity contribution in [3.05, 3.63) is 57.5 Å². The van der Waals surface area contributed by atoms with Crippen LogP contribution in [0.3, 0.4) is 0 Å². The van der Waals surface area contributed by atoms with Crippen molar-refractivity contribution in [3.63, 3.8) is 0 Å². The standard InChI is InChI=1S/C16H15BrClNO2/c1-10(2)21-13-6-4-12(5-7-13)19-16(20)11-3-8-14(17)15(18)9-11/h3-10H,1-2H3,(H,19,20). The number of carbonyl (C=O) groups is 1. The van der Waals surface area contributed by atoms with Crippen LogP contribution in [0.15, 0.2) is 46.9 Å². The van der Waals surface area contributed by atoms with Crippen molar-refractivity contribution in [2.45, 2.75) is 20.0 Å². The first kappa shape index (κ1) is 15.9. The minimum atomic E-state index is -0.207. The van der Waals surface area contributed by atoms with Gasteiger partial charge in [-0.15, -0.1) is 0 Å². The Labute approximate surface area is 137 Å². The Bertz CT molecular complexity index is 641. The molecule has 0 saturated heterocycles. The number of carbonyl (C=O) groups excluding carboxylic acids is 1. The van der Waals surface area contributed by atoms with E-state index in [0.29, 0.717) is 16.3 Å². The van der Waals surface area contributed by atoms with E-state index >= 15 is 0 Å². The minimum absolute atomic E-state index is 0.121. The van der Waals surface area contributed by atoms with Crippen LogP contribution in [0.5, 0.6) is 5.75 Å². The fourth-order valence-corrected chi connectivity index (χ4v) is 2.16. The maximum atomic E-state index is 12.1. The normalized spacial score (nSPS) is 10.5. The van der Waals surface area contributed by atoms with E-state index in [1.54, 1.807) is 30.3 Å². The second-order valence-corrected chi connectivity index (χ2v) is 6.04. The summed E-state index contributed by atoms with van der Waals surface area (Å²) in [6.45, 7) is 3.93. The average Bonchev–Trinajstić information content (AvgIpc) is 2.43. The summed E-state index contributed by atoms with van der Waals surface area (Å²) >= 11 is 9.28. The maximum absolute atomic E-state index is 12.1. The summed E-state index contributed by atoms with van der Waals surface area (Å²) in [7, 11) is 0. The summed E-state index contributed by atoms with van der Waals surface area (Å²) in [6.07, 6.45) is 0.121. The van der Waals surface area contributed by atoms with Gasteiger partial charge in [-0.1, -0.05) is 11.6 Å². The van der Waals surface area contributed by atoms with E-state index in [9.17, 15) is 4.79 Å². The third kappa shape index (κ3) is 4.48. The minimum Gasteiger partial charge on any atom is -0.491 e. The van der Waals surface area contributed by atoms with E-state index in [1.165, 1.54) is 0 Å². The number of hydrogen-bond donors (Lipinski definition) is 1. The molecule has 0 aliphatic carbocycles.